The molecule has 290 valence electrons. The molecule has 10 aromatic carbocycles. The van der Waals surface area contributed by atoms with Gasteiger partial charge in [0.1, 0.15) is 23.2 Å². The fraction of sp³-hybridized carbons (Fsp3) is 0.0175. The largest absolute Gasteiger partial charge is 0.456 e. The van der Waals surface area contributed by atoms with Crippen LogP contribution >= 0.6 is 0 Å². The molecule has 1 unspecified atom stereocenters. The Kier molecular flexibility index (Phi) is 7.60. The van der Waals surface area contributed by atoms with Gasteiger partial charge in [0.15, 0.2) is 5.84 Å². The zero-order chi connectivity index (χ0) is 40.7. The molecule has 2 aromatic heterocycles. The maximum atomic E-state index is 6.76. The summed E-state index contributed by atoms with van der Waals surface area (Å²) in [5.74, 6) is 1.38. The standard InChI is InChI=1S/C57H36N4O/c1-2-13-35(14-3-1)37-18-12-19-41(29-37)55-58-56(42-27-28-45-40(30-42)26-25-36-15-6-7-20-44(36)45)60-57(59-55)43-33-51(54-47-22-9-11-24-52(47)62-53(54)34-43)61-49-23-10-8-21-46(49)48-31-38-16-4-5-17-39(38)32-50(48)61/h1-34,56H,(H,58,59,60). The Balaban J connectivity index is 1.05. The first kappa shape index (κ1) is 34.6. The smallest absolute Gasteiger partial charge is 0.159 e. The van der Waals surface area contributed by atoms with Crippen molar-refractivity contribution in [3.63, 3.8) is 0 Å². The summed E-state index contributed by atoms with van der Waals surface area (Å²) < 4.78 is 9.18. The molecule has 0 saturated heterocycles. The van der Waals surface area contributed by atoms with E-state index >= 15 is 0 Å². The number of hydrogen-bond donors (Lipinski definition) is 1. The van der Waals surface area contributed by atoms with Gasteiger partial charge in [-0.15, -0.1) is 0 Å². The molecule has 0 spiro atoms. The second-order valence-electron chi connectivity index (χ2n) is 16.2. The van der Waals surface area contributed by atoms with Crippen LogP contribution in [0, 0.1) is 0 Å². The van der Waals surface area contributed by atoms with Crippen LogP contribution in [0.4, 0.5) is 0 Å². The molecular weight excluding hydrogens is 757 g/mol. The molecule has 0 radical (unpaired) electrons. The Bertz CT molecular complexity index is 3850. The van der Waals surface area contributed by atoms with Crippen LogP contribution in [0.25, 0.3) is 92.9 Å². The molecule has 0 fully saturated rings. The third-order valence-corrected chi connectivity index (χ3v) is 12.6. The predicted molar refractivity (Wildman–Crippen MR) is 258 cm³/mol. The summed E-state index contributed by atoms with van der Waals surface area (Å²) in [6, 6.07) is 73.4. The van der Waals surface area contributed by atoms with E-state index in [0.717, 1.165) is 72.3 Å². The fourth-order valence-corrected chi connectivity index (χ4v) is 9.63. The van der Waals surface area contributed by atoms with Crippen LogP contribution in [0.3, 0.4) is 0 Å². The maximum Gasteiger partial charge on any atom is 0.159 e. The molecule has 1 atom stereocenters. The van der Waals surface area contributed by atoms with Gasteiger partial charge in [-0.25, -0.2) is 9.98 Å². The maximum absolute atomic E-state index is 6.76. The molecule has 62 heavy (non-hydrogen) atoms. The molecule has 12 aromatic rings. The number of aromatic nitrogens is 1. The highest BCUT2D eigenvalue weighted by molar-refractivity contribution is 6.19. The van der Waals surface area contributed by atoms with Crippen LogP contribution in [0.5, 0.6) is 0 Å². The minimum absolute atomic E-state index is 0.414. The molecule has 1 aliphatic heterocycles. The Hall–Kier alpha value is -8.28. The SMILES string of the molecule is c1ccc(-c2cccc(C3=NC(c4ccc5c(ccc6ccccc65)c4)NC(c4cc(-n5c6ccccc6c6cc7ccccc7cc65)c5c(c4)oc4ccccc45)=N3)c2)cc1. The van der Waals surface area contributed by atoms with Gasteiger partial charge in [0.25, 0.3) is 0 Å². The molecular formula is C57H36N4O. The van der Waals surface area contributed by atoms with Crippen molar-refractivity contribution in [3.05, 3.63) is 223 Å². The van der Waals surface area contributed by atoms with Crippen molar-refractivity contribution in [2.75, 3.05) is 0 Å². The number of rotatable bonds is 5. The molecule has 1 aliphatic rings. The van der Waals surface area contributed by atoms with Crippen molar-refractivity contribution in [1.29, 1.82) is 0 Å². The summed E-state index contributed by atoms with van der Waals surface area (Å²) in [7, 11) is 0. The Morgan fingerprint density at radius 1 is 0.419 bits per heavy atom. The molecule has 5 heteroatoms. The lowest BCUT2D eigenvalue weighted by atomic mass is 9.99. The first-order valence-corrected chi connectivity index (χ1v) is 21.1. The van der Waals surface area contributed by atoms with Gasteiger partial charge in [0.2, 0.25) is 0 Å². The van der Waals surface area contributed by atoms with Gasteiger partial charge in [-0.3, -0.25) is 0 Å². The number of para-hydroxylation sites is 2. The first-order valence-electron chi connectivity index (χ1n) is 21.1. The lowest BCUT2D eigenvalue weighted by Crippen LogP contribution is -2.33. The molecule has 13 rings (SSSR count). The van der Waals surface area contributed by atoms with Crippen molar-refractivity contribution in [2.24, 2.45) is 9.98 Å². The van der Waals surface area contributed by atoms with Gasteiger partial charge in [0, 0.05) is 27.3 Å². The normalized spacial score (nSPS) is 14.3. The van der Waals surface area contributed by atoms with E-state index in [1.54, 1.807) is 0 Å². The lowest BCUT2D eigenvalue weighted by molar-refractivity contribution is 0.666. The monoisotopic (exact) mass is 792 g/mol. The van der Waals surface area contributed by atoms with E-state index in [1.807, 2.05) is 12.1 Å². The Morgan fingerprint density at radius 3 is 2.00 bits per heavy atom. The van der Waals surface area contributed by atoms with Crippen LogP contribution in [0.1, 0.15) is 22.9 Å². The van der Waals surface area contributed by atoms with E-state index in [-0.39, 0.29) is 0 Å². The average molecular weight is 793 g/mol. The minimum Gasteiger partial charge on any atom is -0.456 e. The number of aliphatic imine (C=N–C) groups is 2. The number of hydrogen-bond acceptors (Lipinski definition) is 4. The van der Waals surface area contributed by atoms with Gasteiger partial charge in [-0.05, 0) is 97.5 Å². The zero-order valence-electron chi connectivity index (χ0n) is 33.5. The number of nitrogens with one attached hydrogen (secondary N) is 1. The average Bonchev–Trinajstić information content (AvgIpc) is 3.88. The van der Waals surface area contributed by atoms with E-state index in [0.29, 0.717) is 5.84 Å². The third kappa shape index (κ3) is 5.49. The zero-order valence-corrected chi connectivity index (χ0v) is 33.5. The second-order valence-corrected chi connectivity index (χ2v) is 16.2. The van der Waals surface area contributed by atoms with E-state index in [1.165, 1.54) is 43.1 Å². The van der Waals surface area contributed by atoms with Crippen LogP contribution in [0.15, 0.2) is 221 Å². The van der Waals surface area contributed by atoms with Crippen LogP contribution in [-0.4, -0.2) is 16.2 Å². The molecule has 0 bridgehead atoms. The fourth-order valence-electron chi connectivity index (χ4n) is 9.63. The number of benzene rings is 10. The molecule has 0 amide bonds. The topological polar surface area (TPSA) is 54.8 Å². The highest BCUT2D eigenvalue weighted by Crippen LogP contribution is 2.41. The summed E-state index contributed by atoms with van der Waals surface area (Å²) in [4.78, 5) is 10.8. The quantitative estimate of drug-likeness (QED) is 0.177. The van der Waals surface area contributed by atoms with Gasteiger partial charge in [-0.2, -0.15) is 0 Å². The highest BCUT2D eigenvalue weighted by Gasteiger charge is 2.25. The van der Waals surface area contributed by atoms with Crippen molar-refractivity contribution in [3.8, 4) is 16.8 Å². The minimum atomic E-state index is -0.414. The third-order valence-electron chi connectivity index (χ3n) is 12.6. The Labute approximate surface area is 356 Å². The highest BCUT2D eigenvalue weighted by atomic mass is 16.3. The summed E-state index contributed by atoms with van der Waals surface area (Å²) in [5.41, 5.74) is 10.1. The van der Waals surface area contributed by atoms with E-state index in [9.17, 15) is 0 Å². The van der Waals surface area contributed by atoms with Gasteiger partial charge >= 0.3 is 0 Å². The van der Waals surface area contributed by atoms with Crippen LogP contribution < -0.4 is 5.32 Å². The Morgan fingerprint density at radius 2 is 1.11 bits per heavy atom. The molecule has 0 aliphatic carbocycles. The van der Waals surface area contributed by atoms with Crippen molar-refractivity contribution >= 4 is 87.7 Å². The summed E-state index contributed by atoms with van der Waals surface area (Å²) in [6.07, 6.45) is -0.414. The van der Waals surface area contributed by atoms with Crippen LogP contribution in [-0.2, 0) is 0 Å². The predicted octanol–water partition coefficient (Wildman–Crippen LogP) is 14.3. The van der Waals surface area contributed by atoms with Crippen molar-refractivity contribution in [1.82, 2.24) is 9.88 Å². The molecule has 5 nitrogen and oxygen atoms in total. The lowest BCUT2D eigenvalue weighted by Gasteiger charge is -2.24. The van der Waals surface area contributed by atoms with Crippen LogP contribution in [0.2, 0.25) is 0 Å². The summed E-state index contributed by atoms with van der Waals surface area (Å²) in [5, 5.41) is 15.6. The van der Waals surface area contributed by atoms with E-state index in [4.69, 9.17) is 14.4 Å². The number of furan rings is 1. The molecule has 3 heterocycles. The summed E-state index contributed by atoms with van der Waals surface area (Å²) in [6.45, 7) is 0. The molecule has 0 saturated carbocycles. The van der Waals surface area contributed by atoms with Crippen molar-refractivity contribution in [2.45, 2.75) is 6.17 Å². The molecule has 1 N–H and O–H groups in total. The number of fused-ring (bicyclic) bond motifs is 10. The van der Waals surface area contributed by atoms with Crippen molar-refractivity contribution < 1.29 is 4.42 Å². The van der Waals surface area contributed by atoms with E-state index in [2.05, 4.69) is 204 Å². The van der Waals surface area contributed by atoms with E-state index < -0.39 is 6.17 Å². The summed E-state index contributed by atoms with van der Waals surface area (Å²) >= 11 is 0. The van der Waals surface area contributed by atoms with Gasteiger partial charge in [0.05, 0.1) is 22.1 Å². The number of amidine groups is 2. The van der Waals surface area contributed by atoms with Gasteiger partial charge < -0.3 is 14.3 Å². The number of nitrogens with zero attached hydrogens (tertiary/aromatic N) is 3. The van der Waals surface area contributed by atoms with Gasteiger partial charge in [-0.1, -0.05) is 158 Å². The second kappa shape index (κ2) is 13.6. The first-order chi connectivity index (χ1) is 30.7.